The van der Waals surface area contributed by atoms with Crippen molar-refractivity contribution in [2.45, 2.75) is 6.10 Å². The highest BCUT2D eigenvalue weighted by Crippen LogP contribution is 2.12. The van der Waals surface area contributed by atoms with Crippen LogP contribution in [0, 0.1) is 12.3 Å². The molecule has 0 bridgehead atoms. The van der Waals surface area contributed by atoms with Crippen LogP contribution in [0.1, 0.15) is 17.2 Å². The number of terminal acetylenes is 1. The Morgan fingerprint density at radius 3 is 2.42 bits per heavy atom. The second-order valence-corrected chi connectivity index (χ2v) is 2.44. The van der Waals surface area contributed by atoms with Crippen LogP contribution in [0.3, 0.4) is 0 Å². The fourth-order valence-corrected chi connectivity index (χ4v) is 0.911. The molecule has 0 amide bonds. The molecule has 12 heavy (non-hydrogen) atoms. The Morgan fingerprint density at radius 2 is 2.00 bits per heavy atom. The van der Waals surface area contributed by atoms with Crippen LogP contribution in [-0.4, -0.2) is 5.11 Å². The quantitative estimate of drug-likeness (QED) is 0.652. The van der Waals surface area contributed by atoms with E-state index in [1.165, 1.54) is 0 Å². The maximum absolute atomic E-state index is 9.23. The molecule has 60 valence electrons. The van der Waals surface area contributed by atoms with E-state index in [1.54, 1.807) is 18.2 Å². The summed E-state index contributed by atoms with van der Waals surface area (Å²) in [5.74, 6) is 2.25. The molecule has 0 saturated carbocycles. The van der Waals surface area contributed by atoms with Gasteiger partial charge in [0.25, 0.3) is 0 Å². The number of hydrogen-bond acceptors (Lipinski definition) is 1. The molecule has 1 heteroatoms. The van der Waals surface area contributed by atoms with Crippen LogP contribution in [-0.2, 0) is 0 Å². The third-order valence-electron chi connectivity index (χ3n) is 1.65. The first-order valence-corrected chi connectivity index (χ1v) is 3.64. The Hall–Kier alpha value is -1.52. The largest absolute Gasteiger partial charge is 0.376 e. The average Bonchev–Trinajstić information content (AvgIpc) is 2.17. The molecule has 0 aromatic heterocycles. The van der Waals surface area contributed by atoms with E-state index in [2.05, 4.69) is 12.5 Å². The van der Waals surface area contributed by atoms with E-state index >= 15 is 0 Å². The van der Waals surface area contributed by atoms with Crippen molar-refractivity contribution in [2.75, 3.05) is 0 Å². The number of aliphatic hydroxyl groups is 1. The maximum Gasteiger partial charge on any atom is 0.139 e. The summed E-state index contributed by atoms with van der Waals surface area (Å²) in [6, 6.07) is 7.31. The first-order chi connectivity index (χ1) is 5.77. The van der Waals surface area contributed by atoms with Crippen molar-refractivity contribution in [3.63, 3.8) is 0 Å². The third-order valence-corrected chi connectivity index (χ3v) is 1.65. The van der Waals surface area contributed by atoms with Crippen LogP contribution in [0.15, 0.2) is 30.8 Å². The van der Waals surface area contributed by atoms with Gasteiger partial charge in [0.05, 0.1) is 0 Å². The predicted octanol–water partition coefficient (Wildman–Crippen LogP) is 2.00. The molecular formula is C11H10O. The molecule has 1 atom stereocenters. The maximum atomic E-state index is 9.23. The summed E-state index contributed by atoms with van der Waals surface area (Å²) in [4.78, 5) is 0. The average molecular weight is 158 g/mol. The van der Waals surface area contributed by atoms with Gasteiger partial charge in [0.2, 0.25) is 0 Å². The molecule has 1 nitrogen and oxygen atoms in total. The zero-order valence-corrected chi connectivity index (χ0v) is 6.70. The molecule has 0 aliphatic carbocycles. The highest BCUT2D eigenvalue weighted by Gasteiger charge is 2.00. The number of benzene rings is 1. The standard InChI is InChI=1S/C11H10O/c1-3-9-5-7-10(8-6-9)11(12)4-2/h2-3,5-8,11-12H,1H2. The van der Waals surface area contributed by atoms with E-state index in [0.717, 1.165) is 11.1 Å². The minimum Gasteiger partial charge on any atom is -0.376 e. The second kappa shape index (κ2) is 3.75. The molecule has 0 saturated heterocycles. The predicted molar refractivity (Wildman–Crippen MR) is 50.3 cm³/mol. The molecular weight excluding hydrogens is 148 g/mol. The monoisotopic (exact) mass is 158 g/mol. The third kappa shape index (κ3) is 1.75. The van der Waals surface area contributed by atoms with Crippen molar-refractivity contribution < 1.29 is 5.11 Å². The van der Waals surface area contributed by atoms with Crippen LogP contribution in [0.2, 0.25) is 0 Å². The molecule has 0 aliphatic heterocycles. The minimum absolute atomic E-state index is 0.739. The minimum atomic E-state index is -0.802. The van der Waals surface area contributed by atoms with E-state index in [4.69, 9.17) is 6.42 Å². The summed E-state index contributed by atoms with van der Waals surface area (Å²) < 4.78 is 0. The zero-order valence-electron chi connectivity index (χ0n) is 6.70. The van der Waals surface area contributed by atoms with Gasteiger partial charge in [-0.1, -0.05) is 42.8 Å². The first-order valence-electron chi connectivity index (χ1n) is 3.64. The van der Waals surface area contributed by atoms with Crippen molar-refractivity contribution in [3.05, 3.63) is 42.0 Å². The van der Waals surface area contributed by atoms with E-state index in [1.807, 2.05) is 12.1 Å². The van der Waals surface area contributed by atoms with Crippen molar-refractivity contribution >= 4 is 6.08 Å². The number of hydrogen-bond donors (Lipinski definition) is 1. The molecule has 0 spiro atoms. The fourth-order valence-electron chi connectivity index (χ4n) is 0.911. The summed E-state index contributed by atoms with van der Waals surface area (Å²) in [7, 11) is 0. The lowest BCUT2D eigenvalue weighted by Gasteiger charge is -2.02. The highest BCUT2D eigenvalue weighted by molar-refractivity contribution is 5.47. The van der Waals surface area contributed by atoms with Crippen molar-refractivity contribution in [2.24, 2.45) is 0 Å². The smallest absolute Gasteiger partial charge is 0.139 e. The van der Waals surface area contributed by atoms with E-state index in [0.29, 0.717) is 0 Å². The SMILES string of the molecule is C#CC(O)c1ccc(C=C)cc1. The van der Waals surface area contributed by atoms with Gasteiger partial charge in [-0.05, 0) is 11.1 Å². The lowest BCUT2D eigenvalue weighted by Crippen LogP contribution is -1.92. The molecule has 0 heterocycles. The number of rotatable bonds is 2. The molecule has 1 aromatic carbocycles. The summed E-state index contributed by atoms with van der Waals surface area (Å²) >= 11 is 0. The van der Waals surface area contributed by atoms with E-state index < -0.39 is 6.10 Å². The highest BCUT2D eigenvalue weighted by atomic mass is 16.3. The summed E-state index contributed by atoms with van der Waals surface area (Å²) in [6.07, 6.45) is 5.99. The van der Waals surface area contributed by atoms with Crippen molar-refractivity contribution in [3.8, 4) is 12.3 Å². The van der Waals surface area contributed by atoms with Crippen LogP contribution >= 0.6 is 0 Å². The topological polar surface area (TPSA) is 20.2 Å². The van der Waals surface area contributed by atoms with Gasteiger partial charge in [-0.25, -0.2) is 0 Å². The Morgan fingerprint density at radius 1 is 1.42 bits per heavy atom. The number of aliphatic hydroxyl groups excluding tert-OH is 1. The van der Waals surface area contributed by atoms with Crippen LogP contribution < -0.4 is 0 Å². The molecule has 1 aromatic rings. The van der Waals surface area contributed by atoms with Gasteiger partial charge in [-0.15, -0.1) is 6.42 Å². The van der Waals surface area contributed by atoms with Gasteiger partial charge in [-0.2, -0.15) is 0 Å². The molecule has 1 rings (SSSR count). The Labute approximate surface area is 72.4 Å². The summed E-state index contributed by atoms with van der Waals surface area (Å²) in [5, 5.41) is 9.23. The Kier molecular flexibility index (Phi) is 2.68. The van der Waals surface area contributed by atoms with E-state index in [-0.39, 0.29) is 0 Å². The van der Waals surface area contributed by atoms with Crippen LogP contribution in [0.5, 0.6) is 0 Å². The van der Waals surface area contributed by atoms with Gasteiger partial charge in [0, 0.05) is 0 Å². The van der Waals surface area contributed by atoms with Crippen molar-refractivity contribution in [1.82, 2.24) is 0 Å². The van der Waals surface area contributed by atoms with Crippen LogP contribution in [0.25, 0.3) is 6.08 Å². The van der Waals surface area contributed by atoms with Gasteiger partial charge in [-0.3, -0.25) is 0 Å². The molecule has 0 fully saturated rings. The molecule has 0 radical (unpaired) electrons. The summed E-state index contributed by atoms with van der Waals surface area (Å²) in [6.45, 7) is 3.62. The van der Waals surface area contributed by atoms with Gasteiger partial charge in [0.15, 0.2) is 0 Å². The van der Waals surface area contributed by atoms with Crippen molar-refractivity contribution in [1.29, 1.82) is 0 Å². The molecule has 0 aliphatic rings. The Bertz CT molecular complexity index is 303. The zero-order chi connectivity index (χ0) is 8.97. The lowest BCUT2D eigenvalue weighted by atomic mass is 10.1. The van der Waals surface area contributed by atoms with Gasteiger partial charge >= 0.3 is 0 Å². The normalized spacial score (nSPS) is 11.7. The first kappa shape index (κ1) is 8.58. The van der Waals surface area contributed by atoms with Gasteiger partial charge < -0.3 is 5.11 Å². The Balaban J connectivity index is 2.93. The molecule has 1 unspecified atom stereocenters. The van der Waals surface area contributed by atoms with Gasteiger partial charge in [0.1, 0.15) is 6.10 Å². The van der Waals surface area contributed by atoms with Crippen LogP contribution in [0.4, 0.5) is 0 Å². The molecule has 1 N–H and O–H groups in total. The fraction of sp³-hybridized carbons (Fsp3) is 0.0909. The lowest BCUT2D eigenvalue weighted by molar-refractivity contribution is 0.238. The van der Waals surface area contributed by atoms with E-state index in [9.17, 15) is 5.11 Å². The second-order valence-electron chi connectivity index (χ2n) is 2.44. The summed E-state index contributed by atoms with van der Waals surface area (Å²) in [5.41, 5.74) is 1.76.